The molecular weight excluding hydrogens is 332 g/mol. The first-order valence-corrected chi connectivity index (χ1v) is 11.5. The van der Waals surface area contributed by atoms with Gasteiger partial charge in [0.2, 0.25) is 0 Å². The molecule has 0 aliphatic heterocycles. The van der Waals surface area contributed by atoms with Crippen LogP contribution in [-0.2, 0) is 4.79 Å². The number of ether oxygens (including phenoxy) is 1. The second-order valence-corrected chi connectivity index (χ2v) is 8.35. The van der Waals surface area contributed by atoms with Crippen molar-refractivity contribution in [3.63, 3.8) is 0 Å². The van der Waals surface area contributed by atoms with Crippen molar-refractivity contribution in [3.05, 3.63) is 29.8 Å². The van der Waals surface area contributed by atoms with E-state index in [-0.39, 0.29) is 5.92 Å². The summed E-state index contributed by atoms with van der Waals surface area (Å²) in [7, 11) is 0. The molecule has 1 saturated carbocycles. The van der Waals surface area contributed by atoms with Gasteiger partial charge >= 0.3 is 0 Å². The van der Waals surface area contributed by atoms with Crippen LogP contribution in [0.15, 0.2) is 24.3 Å². The summed E-state index contributed by atoms with van der Waals surface area (Å²) in [5.74, 6) is 2.12. The molecule has 1 aromatic rings. The Morgan fingerprint density at radius 1 is 0.852 bits per heavy atom. The number of Topliss-reactive ketones (excluding diaryl/α,β-unsaturated/α-hetero) is 1. The van der Waals surface area contributed by atoms with Crippen LogP contribution in [0.2, 0.25) is 0 Å². The molecule has 0 amide bonds. The molecule has 0 N–H and O–H groups in total. The monoisotopic (exact) mass is 372 g/mol. The molecule has 0 spiro atoms. The molecule has 1 fully saturated rings. The number of benzene rings is 1. The first kappa shape index (κ1) is 22.0. The van der Waals surface area contributed by atoms with Crippen LogP contribution in [0.25, 0.3) is 0 Å². The normalized spacial score (nSPS) is 20.0. The summed E-state index contributed by atoms with van der Waals surface area (Å²) in [5.41, 5.74) is 1.18. The van der Waals surface area contributed by atoms with Gasteiger partial charge in [0, 0.05) is 12.3 Å². The smallest absolute Gasteiger partial charge is 0.140 e. The molecule has 2 heteroatoms. The van der Waals surface area contributed by atoms with Gasteiger partial charge < -0.3 is 4.74 Å². The lowest BCUT2D eigenvalue weighted by atomic mass is 9.76. The van der Waals surface area contributed by atoms with E-state index in [1.807, 2.05) is 12.1 Å². The fourth-order valence-electron chi connectivity index (χ4n) is 4.24. The van der Waals surface area contributed by atoms with E-state index in [0.717, 1.165) is 31.6 Å². The van der Waals surface area contributed by atoms with E-state index in [1.165, 1.54) is 69.8 Å². The quantitative estimate of drug-likeness (QED) is 0.336. The average molecular weight is 373 g/mol. The zero-order valence-corrected chi connectivity index (χ0v) is 17.7. The maximum atomic E-state index is 12.6. The van der Waals surface area contributed by atoms with Gasteiger partial charge in [0.1, 0.15) is 11.5 Å². The van der Waals surface area contributed by atoms with Crippen molar-refractivity contribution in [2.45, 2.75) is 103 Å². The molecule has 2 atom stereocenters. The van der Waals surface area contributed by atoms with Crippen LogP contribution in [0.5, 0.6) is 5.75 Å². The van der Waals surface area contributed by atoms with Gasteiger partial charge in [-0.05, 0) is 42.9 Å². The van der Waals surface area contributed by atoms with Gasteiger partial charge in [0.15, 0.2) is 0 Å². The van der Waals surface area contributed by atoms with Crippen LogP contribution in [0, 0.1) is 5.92 Å². The lowest BCUT2D eigenvalue weighted by Gasteiger charge is -2.27. The molecule has 152 valence electrons. The zero-order valence-electron chi connectivity index (χ0n) is 17.7. The summed E-state index contributed by atoms with van der Waals surface area (Å²) in [5, 5.41) is 0. The fourth-order valence-corrected chi connectivity index (χ4v) is 4.24. The highest BCUT2D eigenvalue weighted by molar-refractivity contribution is 5.86. The average Bonchev–Trinajstić information content (AvgIpc) is 2.68. The summed E-state index contributed by atoms with van der Waals surface area (Å²) >= 11 is 0. The fraction of sp³-hybridized carbons (Fsp3) is 0.720. The Balaban J connectivity index is 1.69. The van der Waals surface area contributed by atoms with E-state index in [2.05, 4.69) is 26.0 Å². The van der Waals surface area contributed by atoms with E-state index >= 15 is 0 Å². The first-order valence-electron chi connectivity index (χ1n) is 11.5. The van der Waals surface area contributed by atoms with Gasteiger partial charge in [0.05, 0.1) is 6.61 Å². The largest absolute Gasteiger partial charge is 0.494 e. The van der Waals surface area contributed by atoms with E-state index in [1.54, 1.807) is 0 Å². The van der Waals surface area contributed by atoms with Gasteiger partial charge in [-0.2, -0.15) is 0 Å². The molecule has 1 aliphatic carbocycles. The standard InChI is InChI=1S/C25H40O2/c1-3-5-7-8-9-11-19-27-23-16-14-22(15-17-23)24-18-13-21(20-25(24)26)12-10-6-4-2/h14-17,21,24H,3-13,18-20H2,1-2H3. The summed E-state index contributed by atoms with van der Waals surface area (Å²) < 4.78 is 5.87. The van der Waals surface area contributed by atoms with Crippen LogP contribution in [0.3, 0.4) is 0 Å². The third-order valence-corrected chi connectivity index (χ3v) is 6.01. The topological polar surface area (TPSA) is 26.3 Å². The number of carbonyl (C=O) groups excluding carboxylic acids is 1. The maximum absolute atomic E-state index is 12.6. The predicted octanol–water partition coefficient (Wildman–Crippen LogP) is 7.46. The molecule has 1 aromatic carbocycles. The molecule has 2 rings (SSSR count). The number of hydrogen-bond acceptors (Lipinski definition) is 2. The van der Waals surface area contributed by atoms with Crippen molar-refractivity contribution in [2.75, 3.05) is 6.61 Å². The van der Waals surface area contributed by atoms with Crippen LogP contribution in [0.1, 0.15) is 109 Å². The first-order chi connectivity index (χ1) is 13.2. The van der Waals surface area contributed by atoms with Crippen molar-refractivity contribution in [3.8, 4) is 5.75 Å². The second kappa shape index (κ2) is 13.0. The van der Waals surface area contributed by atoms with Crippen LogP contribution in [0.4, 0.5) is 0 Å². The summed E-state index contributed by atoms with van der Waals surface area (Å²) in [4.78, 5) is 12.6. The Labute approximate surface area is 167 Å². The van der Waals surface area contributed by atoms with Crippen molar-refractivity contribution >= 4 is 5.78 Å². The van der Waals surface area contributed by atoms with Gasteiger partial charge in [0.25, 0.3) is 0 Å². The predicted molar refractivity (Wildman–Crippen MR) is 115 cm³/mol. The molecule has 0 radical (unpaired) electrons. The van der Waals surface area contributed by atoms with E-state index in [4.69, 9.17) is 4.74 Å². The molecule has 2 nitrogen and oxygen atoms in total. The number of hydrogen-bond donors (Lipinski definition) is 0. The van der Waals surface area contributed by atoms with Crippen LogP contribution < -0.4 is 4.74 Å². The zero-order chi connectivity index (χ0) is 19.3. The van der Waals surface area contributed by atoms with Crippen LogP contribution >= 0.6 is 0 Å². The Kier molecular flexibility index (Phi) is 10.6. The maximum Gasteiger partial charge on any atom is 0.140 e. The highest BCUT2D eigenvalue weighted by Crippen LogP contribution is 2.35. The number of carbonyl (C=O) groups is 1. The summed E-state index contributed by atoms with van der Waals surface area (Å²) in [6.45, 7) is 5.29. The lowest BCUT2D eigenvalue weighted by molar-refractivity contribution is -0.123. The van der Waals surface area contributed by atoms with Gasteiger partial charge in [-0.25, -0.2) is 0 Å². The van der Waals surface area contributed by atoms with Crippen molar-refractivity contribution < 1.29 is 9.53 Å². The van der Waals surface area contributed by atoms with E-state index < -0.39 is 0 Å². The lowest BCUT2D eigenvalue weighted by Crippen LogP contribution is -2.23. The second-order valence-electron chi connectivity index (χ2n) is 8.35. The third-order valence-electron chi connectivity index (χ3n) is 6.01. The Morgan fingerprint density at radius 2 is 1.52 bits per heavy atom. The minimum Gasteiger partial charge on any atom is -0.494 e. The Bertz CT molecular complexity index is 520. The Morgan fingerprint density at radius 3 is 2.22 bits per heavy atom. The molecule has 0 aromatic heterocycles. The summed E-state index contributed by atoms with van der Waals surface area (Å²) in [6, 6.07) is 8.31. The van der Waals surface area contributed by atoms with Crippen molar-refractivity contribution in [1.29, 1.82) is 0 Å². The number of rotatable bonds is 13. The number of unbranched alkanes of at least 4 members (excludes halogenated alkanes) is 7. The molecule has 0 bridgehead atoms. The van der Waals surface area contributed by atoms with Gasteiger partial charge in [-0.15, -0.1) is 0 Å². The highest BCUT2D eigenvalue weighted by atomic mass is 16.5. The molecule has 0 heterocycles. The van der Waals surface area contributed by atoms with Gasteiger partial charge in [-0.3, -0.25) is 4.79 Å². The summed E-state index contributed by atoms with van der Waals surface area (Å²) in [6.07, 6.45) is 15.8. The van der Waals surface area contributed by atoms with E-state index in [9.17, 15) is 4.79 Å². The minimum atomic E-state index is 0.111. The molecule has 2 unspecified atom stereocenters. The highest BCUT2D eigenvalue weighted by Gasteiger charge is 2.29. The van der Waals surface area contributed by atoms with Crippen LogP contribution in [-0.4, -0.2) is 12.4 Å². The van der Waals surface area contributed by atoms with Crippen molar-refractivity contribution in [1.82, 2.24) is 0 Å². The third kappa shape index (κ3) is 8.07. The SMILES string of the molecule is CCCCCCCCOc1ccc(C2CCC(CCCCC)CC2=O)cc1. The molecular formula is C25H40O2. The molecule has 27 heavy (non-hydrogen) atoms. The molecule has 0 saturated heterocycles. The number of ketones is 1. The minimum absolute atomic E-state index is 0.111. The van der Waals surface area contributed by atoms with Crippen molar-refractivity contribution in [2.24, 2.45) is 5.92 Å². The molecule has 1 aliphatic rings. The van der Waals surface area contributed by atoms with Gasteiger partial charge in [-0.1, -0.05) is 83.8 Å². The van der Waals surface area contributed by atoms with E-state index in [0.29, 0.717) is 11.7 Å². The Hall–Kier alpha value is -1.31.